The Bertz CT molecular complexity index is 879. The largest absolute Gasteiger partial charge is 0.282 e. The smallest absolute Gasteiger partial charge is 0.232 e. The summed E-state index contributed by atoms with van der Waals surface area (Å²) in [5.74, 6) is -0.0465. The Labute approximate surface area is 143 Å². The third kappa shape index (κ3) is 6.21. The van der Waals surface area contributed by atoms with Gasteiger partial charge in [0.15, 0.2) is 0 Å². The molecule has 0 aliphatic heterocycles. The van der Waals surface area contributed by atoms with Gasteiger partial charge in [-0.05, 0) is 30.5 Å². The fraction of sp³-hybridized carbons (Fsp3) is 0.250. The summed E-state index contributed by atoms with van der Waals surface area (Å²) >= 11 is 0. The monoisotopic (exact) mass is 368 g/mol. The molecule has 0 spiro atoms. The van der Waals surface area contributed by atoms with Crippen molar-refractivity contribution in [3.8, 4) is 0 Å². The molecule has 2 aromatic rings. The lowest BCUT2D eigenvalue weighted by atomic mass is 10.1. The Balaban J connectivity index is 2.01. The maximum atomic E-state index is 12.2. The molecule has 2 N–H and O–H groups in total. The van der Waals surface area contributed by atoms with Gasteiger partial charge in [0.2, 0.25) is 20.0 Å². The first-order chi connectivity index (χ1) is 11.3. The van der Waals surface area contributed by atoms with Gasteiger partial charge in [-0.3, -0.25) is 9.44 Å². The van der Waals surface area contributed by atoms with Gasteiger partial charge in [-0.2, -0.15) is 0 Å². The first kappa shape index (κ1) is 18.3. The number of benzene rings is 2. The molecule has 0 aliphatic rings. The van der Waals surface area contributed by atoms with Crippen LogP contribution in [0.4, 0.5) is 11.4 Å². The van der Waals surface area contributed by atoms with Crippen LogP contribution in [0.2, 0.25) is 0 Å². The van der Waals surface area contributed by atoms with Crippen molar-refractivity contribution < 1.29 is 16.8 Å². The van der Waals surface area contributed by atoms with Gasteiger partial charge in [0.1, 0.15) is 0 Å². The molecule has 0 heterocycles. The minimum absolute atomic E-state index is 0.0465. The van der Waals surface area contributed by atoms with Crippen molar-refractivity contribution in [1.29, 1.82) is 0 Å². The van der Waals surface area contributed by atoms with Crippen LogP contribution >= 0.6 is 0 Å². The lowest BCUT2D eigenvalue weighted by Gasteiger charge is -2.13. The van der Waals surface area contributed by atoms with Crippen molar-refractivity contribution in [3.05, 3.63) is 60.2 Å². The van der Waals surface area contributed by atoms with Crippen LogP contribution in [0.15, 0.2) is 54.6 Å². The highest BCUT2D eigenvalue weighted by atomic mass is 32.2. The fourth-order valence-electron chi connectivity index (χ4n) is 2.19. The minimum atomic E-state index is -3.57. The van der Waals surface area contributed by atoms with Crippen molar-refractivity contribution in [1.82, 2.24) is 0 Å². The zero-order valence-electron chi connectivity index (χ0n) is 13.3. The van der Waals surface area contributed by atoms with Crippen LogP contribution in [0, 0.1) is 0 Å². The van der Waals surface area contributed by atoms with Gasteiger partial charge in [-0.25, -0.2) is 16.8 Å². The molecule has 0 saturated heterocycles. The molecule has 0 fully saturated rings. The maximum absolute atomic E-state index is 12.2. The van der Waals surface area contributed by atoms with Gasteiger partial charge in [-0.15, -0.1) is 0 Å². The third-order valence-electron chi connectivity index (χ3n) is 3.21. The van der Waals surface area contributed by atoms with Crippen molar-refractivity contribution in [2.24, 2.45) is 0 Å². The zero-order chi connectivity index (χ0) is 17.6. The van der Waals surface area contributed by atoms with E-state index in [1.165, 1.54) is 12.1 Å². The van der Waals surface area contributed by atoms with E-state index in [9.17, 15) is 16.8 Å². The van der Waals surface area contributed by atoms with Gasteiger partial charge in [0.05, 0.1) is 23.4 Å². The average molecular weight is 368 g/mol. The molecular weight excluding hydrogens is 348 g/mol. The Hall–Kier alpha value is -2.06. The molecule has 2 aromatic carbocycles. The summed E-state index contributed by atoms with van der Waals surface area (Å²) in [5.41, 5.74) is 1.49. The molecule has 130 valence electrons. The van der Waals surface area contributed by atoms with Crippen LogP contribution in [0.3, 0.4) is 0 Å². The van der Waals surface area contributed by atoms with Crippen molar-refractivity contribution >= 4 is 31.4 Å². The zero-order valence-corrected chi connectivity index (χ0v) is 14.9. The Morgan fingerprint density at radius 1 is 0.792 bits per heavy atom. The van der Waals surface area contributed by atoms with E-state index < -0.39 is 20.0 Å². The molecule has 0 atom stereocenters. The summed E-state index contributed by atoms with van der Waals surface area (Å²) in [6.45, 7) is 0. The second-order valence-corrected chi connectivity index (χ2v) is 9.02. The molecule has 0 amide bonds. The summed E-state index contributed by atoms with van der Waals surface area (Å²) in [5, 5.41) is 0. The van der Waals surface area contributed by atoms with E-state index in [1.54, 1.807) is 12.1 Å². The summed E-state index contributed by atoms with van der Waals surface area (Å²) in [7, 11) is -7.06. The highest BCUT2D eigenvalue weighted by Crippen LogP contribution is 2.23. The van der Waals surface area contributed by atoms with Crippen LogP contribution in [0.5, 0.6) is 0 Å². The summed E-state index contributed by atoms with van der Waals surface area (Å²) in [6.07, 6.45) is 2.14. The molecular formula is C16H20N2O4S2. The molecule has 0 bridgehead atoms. The number of hydrogen-bond acceptors (Lipinski definition) is 4. The van der Waals surface area contributed by atoms with Gasteiger partial charge >= 0.3 is 0 Å². The van der Waals surface area contributed by atoms with Gasteiger partial charge in [0, 0.05) is 0 Å². The molecule has 0 radical (unpaired) electrons. The summed E-state index contributed by atoms with van der Waals surface area (Å²) in [4.78, 5) is 0. The molecule has 8 heteroatoms. The number of aryl methyl sites for hydroxylation is 1. The van der Waals surface area contributed by atoms with Crippen LogP contribution in [0.25, 0.3) is 0 Å². The Kier molecular flexibility index (Phi) is 5.84. The number of rotatable bonds is 8. The van der Waals surface area contributed by atoms with E-state index in [0.29, 0.717) is 12.8 Å². The van der Waals surface area contributed by atoms with Crippen LogP contribution in [-0.4, -0.2) is 28.8 Å². The SMILES string of the molecule is CS(=O)(=O)Nc1ccccc1NS(=O)(=O)CCCc1ccccc1. The van der Waals surface area contributed by atoms with Gasteiger partial charge in [0.25, 0.3) is 0 Å². The fourth-order valence-corrected chi connectivity index (χ4v) is 3.91. The van der Waals surface area contributed by atoms with Gasteiger partial charge in [-0.1, -0.05) is 42.5 Å². The molecule has 0 aliphatic carbocycles. The molecule has 24 heavy (non-hydrogen) atoms. The number of nitrogens with one attached hydrogen (secondary N) is 2. The summed E-state index contributed by atoms with van der Waals surface area (Å²) in [6, 6.07) is 15.9. The van der Waals surface area contributed by atoms with E-state index in [2.05, 4.69) is 9.44 Å². The minimum Gasteiger partial charge on any atom is -0.282 e. The lowest BCUT2D eigenvalue weighted by Crippen LogP contribution is -2.19. The average Bonchev–Trinajstić information content (AvgIpc) is 2.48. The first-order valence-corrected chi connectivity index (χ1v) is 10.9. The number of para-hydroxylation sites is 2. The van der Waals surface area contributed by atoms with Crippen LogP contribution in [-0.2, 0) is 26.5 Å². The van der Waals surface area contributed by atoms with Crippen LogP contribution < -0.4 is 9.44 Å². The molecule has 0 unspecified atom stereocenters. The maximum Gasteiger partial charge on any atom is 0.232 e. The number of sulfonamides is 2. The van der Waals surface area contributed by atoms with E-state index in [4.69, 9.17) is 0 Å². The quantitative estimate of drug-likeness (QED) is 0.748. The highest BCUT2D eigenvalue weighted by Gasteiger charge is 2.14. The van der Waals surface area contributed by atoms with Gasteiger partial charge < -0.3 is 0 Å². The summed E-state index contributed by atoms with van der Waals surface area (Å²) < 4.78 is 51.9. The van der Waals surface area contributed by atoms with Crippen molar-refractivity contribution in [2.75, 3.05) is 21.5 Å². The molecule has 6 nitrogen and oxygen atoms in total. The highest BCUT2D eigenvalue weighted by molar-refractivity contribution is 7.93. The number of anilines is 2. The third-order valence-corrected chi connectivity index (χ3v) is 5.16. The predicted molar refractivity (Wildman–Crippen MR) is 97.1 cm³/mol. The van der Waals surface area contributed by atoms with Crippen LogP contribution in [0.1, 0.15) is 12.0 Å². The Morgan fingerprint density at radius 2 is 1.33 bits per heavy atom. The van der Waals surface area contributed by atoms with Crippen molar-refractivity contribution in [3.63, 3.8) is 0 Å². The van der Waals surface area contributed by atoms with E-state index in [0.717, 1.165) is 11.8 Å². The lowest BCUT2D eigenvalue weighted by molar-refractivity contribution is 0.598. The standard InChI is InChI=1S/C16H20N2O4S2/c1-23(19,20)17-15-11-5-6-12-16(15)18-24(21,22)13-7-10-14-8-3-2-4-9-14/h2-6,8-9,11-12,17-18H,7,10,13H2,1H3. The van der Waals surface area contributed by atoms with E-state index >= 15 is 0 Å². The van der Waals surface area contributed by atoms with E-state index in [-0.39, 0.29) is 17.1 Å². The second-order valence-electron chi connectivity index (χ2n) is 5.43. The molecule has 2 rings (SSSR count). The predicted octanol–water partition coefficient (Wildman–Crippen LogP) is 2.43. The van der Waals surface area contributed by atoms with E-state index in [1.807, 2.05) is 30.3 Å². The second kappa shape index (κ2) is 7.67. The normalized spacial score (nSPS) is 11.9. The molecule has 0 aromatic heterocycles. The number of hydrogen-bond donors (Lipinski definition) is 2. The Morgan fingerprint density at radius 3 is 1.92 bits per heavy atom. The first-order valence-electron chi connectivity index (χ1n) is 7.36. The van der Waals surface area contributed by atoms with Crippen molar-refractivity contribution in [2.45, 2.75) is 12.8 Å². The topological polar surface area (TPSA) is 92.3 Å². The molecule has 0 saturated carbocycles.